The standard InChI is InChI=1S/C13H17ClN2O3S/c1-9(14)13(17)16-7-10-4-5-12(6-11(10)8-16)20(18,19)15(2)3/h4-6,9H,7-8H2,1-3H3. The fraction of sp³-hybridized carbons (Fsp3) is 0.462. The topological polar surface area (TPSA) is 57.7 Å². The van der Waals surface area contributed by atoms with Crippen molar-refractivity contribution in [3.8, 4) is 0 Å². The van der Waals surface area contributed by atoms with Crippen LogP contribution in [-0.2, 0) is 27.9 Å². The van der Waals surface area contributed by atoms with Gasteiger partial charge >= 0.3 is 0 Å². The van der Waals surface area contributed by atoms with Gasteiger partial charge in [-0.3, -0.25) is 4.79 Å². The summed E-state index contributed by atoms with van der Waals surface area (Å²) in [5.74, 6) is -0.139. The number of carbonyl (C=O) groups is 1. The Labute approximate surface area is 124 Å². The minimum atomic E-state index is -3.45. The summed E-state index contributed by atoms with van der Waals surface area (Å²) in [7, 11) is -0.461. The first kappa shape index (κ1) is 15.3. The number of nitrogens with zero attached hydrogens (tertiary/aromatic N) is 2. The number of hydrogen-bond acceptors (Lipinski definition) is 3. The van der Waals surface area contributed by atoms with Gasteiger partial charge in [-0.05, 0) is 30.2 Å². The summed E-state index contributed by atoms with van der Waals surface area (Å²) in [6.45, 7) is 2.52. The Hall–Kier alpha value is -1.11. The van der Waals surface area contributed by atoms with Gasteiger partial charge < -0.3 is 4.90 Å². The molecule has 7 heteroatoms. The lowest BCUT2D eigenvalue weighted by Crippen LogP contribution is -2.31. The number of amides is 1. The van der Waals surface area contributed by atoms with Crippen LogP contribution in [-0.4, -0.2) is 43.0 Å². The van der Waals surface area contributed by atoms with Crippen molar-refractivity contribution in [2.24, 2.45) is 0 Å². The highest BCUT2D eigenvalue weighted by atomic mass is 35.5. The van der Waals surface area contributed by atoms with E-state index >= 15 is 0 Å². The van der Waals surface area contributed by atoms with Crippen molar-refractivity contribution in [3.63, 3.8) is 0 Å². The number of carbonyl (C=O) groups excluding carboxylic acids is 1. The van der Waals surface area contributed by atoms with Gasteiger partial charge in [0.1, 0.15) is 5.38 Å². The van der Waals surface area contributed by atoms with E-state index in [9.17, 15) is 13.2 Å². The second kappa shape index (κ2) is 5.35. The van der Waals surface area contributed by atoms with Crippen LogP contribution in [0, 0.1) is 0 Å². The number of sulfonamides is 1. The third kappa shape index (κ3) is 2.68. The molecule has 1 heterocycles. The largest absolute Gasteiger partial charge is 0.333 e. The second-order valence-electron chi connectivity index (χ2n) is 5.03. The molecule has 1 aliphatic rings. The quantitative estimate of drug-likeness (QED) is 0.792. The molecule has 1 atom stereocenters. The average Bonchev–Trinajstić information content (AvgIpc) is 2.79. The zero-order valence-electron chi connectivity index (χ0n) is 11.6. The number of rotatable bonds is 3. The summed E-state index contributed by atoms with van der Waals surface area (Å²) in [5.41, 5.74) is 1.83. The van der Waals surface area contributed by atoms with Gasteiger partial charge in [-0.25, -0.2) is 12.7 Å². The Balaban J connectivity index is 2.30. The van der Waals surface area contributed by atoms with Gasteiger partial charge in [0.25, 0.3) is 0 Å². The Morgan fingerprint density at radius 2 is 1.90 bits per heavy atom. The highest BCUT2D eigenvalue weighted by Crippen LogP contribution is 2.27. The van der Waals surface area contributed by atoms with Crippen LogP contribution in [0.3, 0.4) is 0 Å². The molecule has 1 aromatic rings. The highest BCUT2D eigenvalue weighted by Gasteiger charge is 2.27. The fourth-order valence-corrected chi connectivity index (χ4v) is 3.24. The number of hydrogen-bond donors (Lipinski definition) is 0. The van der Waals surface area contributed by atoms with Gasteiger partial charge in [-0.1, -0.05) is 6.07 Å². The molecule has 20 heavy (non-hydrogen) atoms. The van der Waals surface area contributed by atoms with Crippen molar-refractivity contribution in [3.05, 3.63) is 29.3 Å². The first-order valence-corrected chi connectivity index (χ1v) is 8.08. The van der Waals surface area contributed by atoms with Crippen LogP contribution in [0.4, 0.5) is 0 Å². The maximum Gasteiger partial charge on any atom is 0.242 e. The predicted octanol–water partition coefficient (Wildman–Crippen LogP) is 1.41. The van der Waals surface area contributed by atoms with Crippen molar-refractivity contribution in [2.45, 2.75) is 30.3 Å². The van der Waals surface area contributed by atoms with Crippen LogP contribution in [0.2, 0.25) is 0 Å². The molecule has 1 aliphatic heterocycles. The SMILES string of the molecule is CC(Cl)C(=O)N1Cc2ccc(S(=O)(=O)N(C)C)cc2C1. The molecule has 0 bridgehead atoms. The normalized spacial score (nSPS) is 16.4. The molecule has 110 valence electrons. The number of fused-ring (bicyclic) bond motifs is 1. The third-order valence-electron chi connectivity index (χ3n) is 3.33. The Kier molecular flexibility index (Phi) is 4.09. The Morgan fingerprint density at radius 1 is 1.30 bits per heavy atom. The summed E-state index contributed by atoms with van der Waals surface area (Å²) in [5, 5.41) is -0.575. The molecule has 0 aromatic heterocycles. The van der Waals surface area contributed by atoms with E-state index in [2.05, 4.69) is 0 Å². The third-order valence-corrected chi connectivity index (χ3v) is 5.33. The molecule has 1 aromatic carbocycles. The molecule has 0 saturated carbocycles. The van der Waals surface area contributed by atoms with Crippen molar-refractivity contribution in [2.75, 3.05) is 14.1 Å². The van der Waals surface area contributed by atoms with E-state index in [1.807, 2.05) is 0 Å². The molecule has 0 radical (unpaired) electrons. The van der Waals surface area contributed by atoms with Crippen molar-refractivity contribution < 1.29 is 13.2 Å². The minimum Gasteiger partial charge on any atom is -0.333 e. The van der Waals surface area contributed by atoms with Gasteiger partial charge in [0.15, 0.2) is 0 Å². The molecule has 0 fully saturated rings. The van der Waals surface area contributed by atoms with Crippen LogP contribution < -0.4 is 0 Å². The molecule has 1 amide bonds. The van der Waals surface area contributed by atoms with E-state index in [-0.39, 0.29) is 10.8 Å². The van der Waals surface area contributed by atoms with Crippen molar-refractivity contribution in [1.82, 2.24) is 9.21 Å². The Morgan fingerprint density at radius 3 is 2.45 bits per heavy atom. The zero-order chi connectivity index (χ0) is 15.1. The highest BCUT2D eigenvalue weighted by molar-refractivity contribution is 7.89. The van der Waals surface area contributed by atoms with Gasteiger partial charge in [0.05, 0.1) is 4.90 Å². The van der Waals surface area contributed by atoms with Gasteiger partial charge in [-0.15, -0.1) is 11.6 Å². The van der Waals surface area contributed by atoms with Crippen LogP contribution in [0.25, 0.3) is 0 Å². The molecular formula is C13H17ClN2O3S. The smallest absolute Gasteiger partial charge is 0.242 e. The van der Waals surface area contributed by atoms with E-state index in [0.717, 1.165) is 11.1 Å². The molecule has 5 nitrogen and oxygen atoms in total. The van der Waals surface area contributed by atoms with E-state index in [4.69, 9.17) is 11.6 Å². The minimum absolute atomic E-state index is 0.139. The Bertz CT molecular complexity index is 641. The molecule has 0 aliphatic carbocycles. The average molecular weight is 317 g/mol. The van der Waals surface area contributed by atoms with Crippen LogP contribution in [0.15, 0.2) is 23.1 Å². The van der Waals surface area contributed by atoms with E-state index < -0.39 is 15.4 Å². The van der Waals surface area contributed by atoms with Gasteiger partial charge in [-0.2, -0.15) is 0 Å². The van der Waals surface area contributed by atoms with Crippen molar-refractivity contribution in [1.29, 1.82) is 0 Å². The van der Waals surface area contributed by atoms with Crippen molar-refractivity contribution >= 4 is 27.5 Å². The second-order valence-corrected chi connectivity index (χ2v) is 7.83. The summed E-state index contributed by atoms with van der Waals surface area (Å²) in [4.78, 5) is 13.7. The lowest BCUT2D eigenvalue weighted by Gasteiger charge is -2.16. The maximum atomic E-state index is 12.1. The lowest BCUT2D eigenvalue weighted by atomic mass is 10.1. The molecule has 1 unspecified atom stereocenters. The van der Waals surface area contributed by atoms with E-state index in [0.29, 0.717) is 13.1 Å². The first-order valence-electron chi connectivity index (χ1n) is 6.20. The van der Waals surface area contributed by atoms with Crippen LogP contribution in [0.5, 0.6) is 0 Å². The maximum absolute atomic E-state index is 12.1. The fourth-order valence-electron chi connectivity index (χ4n) is 2.15. The van der Waals surface area contributed by atoms with E-state index in [1.165, 1.54) is 18.4 Å². The summed E-state index contributed by atoms with van der Waals surface area (Å²) in [6, 6.07) is 4.97. The number of halogens is 1. The van der Waals surface area contributed by atoms with E-state index in [1.54, 1.807) is 30.0 Å². The number of benzene rings is 1. The summed E-state index contributed by atoms with van der Waals surface area (Å²) in [6.07, 6.45) is 0. The van der Waals surface area contributed by atoms with Gasteiger partial charge in [0.2, 0.25) is 15.9 Å². The van der Waals surface area contributed by atoms with Crippen LogP contribution >= 0.6 is 11.6 Å². The zero-order valence-corrected chi connectivity index (χ0v) is 13.2. The monoisotopic (exact) mass is 316 g/mol. The van der Waals surface area contributed by atoms with Gasteiger partial charge in [0, 0.05) is 27.2 Å². The molecule has 0 N–H and O–H groups in total. The molecule has 0 spiro atoms. The predicted molar refractivity (Wildman–Crippen MR) is 76.9 cm³/mol. The number of alkyl halides is 1. The first-order chi connectivity index (χ1) is 9.23. The van der Waals surface area contributed by atoms with Crippen LogP contribution in [0.1, 0.15) is 18.1 Å². The lowest BCUT2D eigenvalue weighted by molar-refractivity contribution is -0.131. The summed E-state index contributed by atoms with van der Waals surface area (Å²) < 4.78 is 25.3. The molecular weight excluding hydrogens is 300 g/mol. The molecule has 0 saturated heterocycles. The molecule has 2 rings (SSSR count). The summed E-state index contributed by atoms with van der Waals surface area (Å²) >= 11 is 5.80.